The molecule has 1 heterocycles. The quantitative estimate of drug-likeness (QED) is 0.307. The summed E-state index contributed by atoms with van der Waals surface area (Å²) in [6, 6.07) is 18.7. The molecule has 0 aliphatic heterocycles. The molecular formula is C24H21F2N2O4Si. The van der Waals surface area contributed by atoms with E-state index >= 15 is 0 Å². The van der Waals surface area contributed by atoms with Crippen LogP contribution >= 0.6 is 0 Å². The number of rotatable bonds is 8. The molecule has 4 rings (SSSR count). The number of aromatic nitrogens is 1. The Morgan fingerprint density at radius 3 is 2.58 bits per heavy atom. The van der Waals surface area contributed by atoms with E-state index in [4.69, 9.17) is 9.52 Å². The Labute approximate surface area is 190 Å². The molecule has 169 valence electrons. The smallest absolute Gasteiger partial charge is 0.387 e. The molecule has 0 aliphatic rings. The highest BCUT2D eigenvalue weighted by molar-refractivity contribution is 6.85. The van der Waals surface area contributed by atoms with E-state index in [0.29, 0.717) is 22.6 Å². The third kappa shape index (κ3) is 4.94. The van der Waals surface area contributed by atoms with E-state index in [0.717, 1.165) is 22.3 Å². The number of benzene rings is 3. The van der Waals surface area contributed by atoms with Gasteiger partial charge in [0.15, 0.2) is 5.58 Å². The fourth-order valence-electron chi connectivity index (χ4n) is 3.56. The molecule has 9 heteroatoms. The van der Waals surface area contributed by atoms with Crippen molar-refractivity contribution in [2.75, 3.05) is 0 Å². The predicted molar refractivity (Wildman–Crippen MR) is 123 cm³/mol. The summed E-state index contributed by atoms with van der Waals surface area (Å²) in [5, 5.41) is 9.11. The van der Waals surface area contributed by atoms with Crippen molar-refractivity contribution in [2.24, 2.45) is 0 Å². The molecule has 0 atom stereocenters. The fraction of sp³-hybridized carbons (Fsp3) is 0.167. The van der Waals surface area contributed by atoms with Crippen molar-refractivity contribution in [1.29, 1.82) is 0 Å². The minimum absolute atomic E-state index is 0.0554. The molecule has 4 aromatic rings. The molecule has 0 bridgehead atoms. The Balaban J connectivity index is 1.74. The first kappa shape index (κ1) is 22.6. The van der Waals surface area contributed by atoms with Crippen LogP contribution in [0.3, 0.4) is 0 Å². The number of oxazole rings is 1. The van der Waals surface area contributed by atoms with Gasteiger partial charge in [-0.2, -0.15) is 8.78 Å². The summed E-state index contributed by atoms with van der Waals surface area (Å²) in [5.74, 6) is 0.279. The Hall–Kier alpha value is -3.56. The Morgan fingerprint density at radius 2 is 1.88 bits per heavy atom. The minimum Gasteiger partial charge on any atom is -0.485 e. The lowest BCUT2D eigenvalue weighted by molar-refractivity contribution is -0.0504. The predicted octanol–water partition coefficient (Wildman–Crippen LogP) is 6.04. The highest BCUT2D eigenvalue weighted by Crippen LogP contribution is 2.35. The maximum absolute atomic E-state index is 13.0. The van der Waals surface area contributed by atoms with Crippen molar-refractivity contribution >= 4 is 25.7 Å². The summed E-state index contributed by atoms with van der Waals surface area (Å²) >= 11 is 0. The van der Waals surface area contributed by atoms with Crippen LogP contribution in [-0.2, 0) is 6.54 Å². The molecule has 6 nitrogen and oxygen atoms in total. The number of halogens is 2. The number of hydrogen-bond donors (Lipinski definition) is 2. The number of nitrogens with zero attached hydrogens (tertiary/aromatic N) is 1. The zero-order valence-electron chi connectivity index (χ0n) is 17.9. The second-order valence-corrected chi connectivity index (χ2v) is 9.48. The number of carbonyl (C=O) groups is 1. The number of nitrogens with one attached hydrogen (secondary N) is 1. The monoisotopic (exact) mass is 467 g/mol. The Bertz CT molecular complexity index is 1290. The largest absolute Gasteiger partial charge is 0.485 e. The first-order valence-corrected chi connectivity index (χ1v) is 12.2. The summed E-state index contributed by atoms with van der Waals surface area (Å²) in [7, 11) is -1.90. The van der Waals surface area contributed by atoms with Gasteiger partial charge in [0.2, 0.25) is 5.89 Å². The Kier molecular flexibility index (Phi) is 6.52. The van der Waals surface area contributed by atoms with Gasteiger partial charge in [-0.15, -0.1) is 0 Å². The molecule has 0 saturated carbocycles. The van der Waals surface area contributed by atoms with Gasteiger partial charge in [-0.05, 0) is 42.3 Å². The topological polar surface area (TPSA) is 84.6 Å². The normalized spacial score (nSPS) is 11.5. The second kappa shape index (κ2) is 9.51. The molecule has 0 aliphatic carbocycles. The summed E-state index contributed by atoms with van der Waals surface area (Å²) in [5.41, 5.74) is 4.05. The zero-order chi connectivity index (χ0) is 23.5. The molecule has 0 spiro atoms. The molecule has 1 aromatic heterocycles. The Morgan fingerprint density at radius 1 is 1.15 bits per heavy atom. The number of ether oxygens (including phenoxy) is 1. The van der Waals surface area contributed by atoms with Crippen LogP contribution in [0.25, 0.3) is 33.7 Å². The van der Waals surface area contributed by atoms with Gasteiger partial charge in [0.1, 0.15) is 11.3 Å². The van der Waals surface area contributed by atoms with Crippen LogP contribution in [0.15, 0.2) is 65.1 Å². The van der Waals surface area contributed by atoms with Crippen molar-refractivity contribution in [3.05, 3.63) is 71.8 Å². The highest BCUT2D eigenvalue weighted by Gasteiger charge is 2.20. The van der Waals surface area contributed by atoms with E-state index in [2.05, 4.69) is 14.7 Å². The van der Waals surface area contributed by atoms with E-state index in [1.165, 1.54) is 6.07 Å². The zero-order valence-corrected chi connectivity index (χ0v) is 18.9. The van der Waals surface area contributed by atoms with Gasteiger partial charge in [-0.25, -0.2) is 4.98 Å². The molecule has 3 aromatic carbocycles. The standard InChI is InChI=1S/C24H21F2N2O4Si/c1-14-17(15-7-4-3-5-8-15)9-6-10-18(14)22-28-19-11-16(13-27-33(2)24(29)30)20(32-23(25)26)12-21(19)31-22/h3-12,23,27H,13H2,1-2H3,(H,29,30). The number of fused-ring (bicyclic) bond motifs is 1. The molecule has 33 heavy (non-hydrogen) atoms. The lowest BCUT2D eigenvalue weighted by Crippen LogP contribution is -2.37. The van der Waals surface area contributed by atoms with Crippen molar-refractivity contribution in [1.82, 2.24) is 9.97 Å². The molecule has 0 fully saturated rings. The van der Waals surface area contributed by atoms with Gasteiger partial charge in [0.25, 0.3) is 14.6 Å². The van der Waals surface area contributed by atoms with Gasteiger partial charge in [0.05, 0.1) is 0 Å². The number of carboxylic acid groups (broad SMARTS) is 1. The third-order valence-corrected chi connectivity index (χ3v) is 6.65. The van der Waals surface area contributed by atoms with Crippen LogP contribution in [0, 0.1) is 6.92 Å². The van der Waals surface area contributed by atoms with Crippen LogP contribution in [0.1, 0.15) is 11.1 Å². The lowest BCUT2D eigenvalue weighted by Gasteiger charge is -2.12. The molecule has 0 unspecified atom stereocenters. The summed E-state index contributed by atoms with van der Waals surface area (Å²) in [6.45, 7) is 0.568. The maximum atomic E-state index is 13.0. The van der Waals surface area contributed by atoms with E-state index in [1.54, 1.807) is 12.6 Å². The summed E-state index contributed by atoms with van der Waals surface area (Å²) in [4.78, 5) is 18.6. The van der Waals surface area contributed by atoms with Crippen molar-refractivity contribution in [2.45, 2.75) is 26.6 Å². The molecule has 1 radical (unpaired) electrons. The SMILES string of the molecule is Cc1c(-c2ccccc2)cccc1-c1nc2cc(CN[Si](C)C(=O)O)c(OC(F)F)cc2o1. The van der Waals surface area contributed by atoms with E-state index < -0.39 is 21.2 Å². The molecule has 2 N–H and O–H groups in total. The average molecular weight is 468 g/mol. The van der Waals surface area contributed by atoms with Crippen molar-refractivity contribution in [3.8, 4) is 28.3 Å². The van der Waals surface area contributed by atoms with Gasteiger partial charge >= 0.3 is 6.61 Å². The van der Waals surface area contributed by atoms with E-state index in [-0.39, 0.29) is 12.3 Å². The number of hydrogen-bond acceptors (Lipinski definition) is 5. The first-order valence-electron chi connectivity index (χ1n) is 10.2. The van der Waals surface area contributed by atoms with Gasteiger partial charge in [-0.3, -0.25) is 4.79 Å². The minimum atomic E-state index is -3.03. The van der Waals surface area contributed by atoms with Crippen LogP contribution in [0.4, 0.5) is 13.6 Å². The second-order valence-electron chi connectivity index (χ2n) is 7.45. The lowest BCUT2D eigenvalue weighted by atomic mass is 9.96. The van der Waals surface area contributed by atoms with Gasteiger partial charge in [0, 0.05) is 23.7 Å². The van der Waals surface area contributed by atoms with Crippen molar-refractivity contribution in [3.63, 3.8) is 0 Å². The van der Waals surface area contributed by atoms with Crippen molar-refractivity contribution < 1.29 is 27.8 Å². The first-order chi connectivity index (χ1) is 15.8. The average Bonchev–Trinajstić information content (AvgIpc) is 3.20. The molecule has 0 saturated heterocycles. The van der Waals surface area contributed by atoms with Crippen LogP contribution in [0.5, 0.6) is 5.75 Å². The fourth-order valence-corrected chi connectivity index (χ4v) is 4.17. The van der Waals surface area contributed by atoms with Gasteiger partial charge in [-0.1, -0.05) is 42.5 Å². The van der Waals surface area contributed by atoms with Crippen LogP contribution < -0.4 is 9.72 Å². The summed E-state index contributed by atoms with van der Waals surface area (Å²) < 4.78 is 36.5. The molecule has 0 amide bonds. The molecular weight excluding hydrogens is 446 g/mol. The van der Waals surface area contributed by atoms with E-state index in [1.807, 2.05) is 55.5 Å². The number of alkyl halides is 2. The maximum Gasteiger partial charge on any atom is 0.387 e. The third-order valence-electron chi connectivity index (χ3n) is 5.30. The summed E-state index contributed by atoms with van der Waals surface area (Å²) in [6.07, 6.45) is 0. The van der Waals surface area contributed by atoms with Gasteiger partial charge < -0.3 is 19.2 Å². The highest BCUT2D eigenvalue weighted by atomic mass is 28.3. The van der Waals surface area contributed by atoms with Crippen LogP contribution in [-0.4, -0.2) is 31.3 Å². The van der Waals surface area contributed by atoms with E-state index in [9.17, 15) is 13.6 Å². The van der Waals surface area contributed by atoms with Crippen LogP contribution in [0.2, 0.25) is 6.55 Å².